The SMILES string of the molecule is Cl.Fc1ccccc1COc1ccccc1CNC1CC1. The van der Waals surface area contributed by atoms with Crippen molar-refractivity contribution in [1.29, 1.82) is 0 Å². The van der Waals surface area contributed by atoms with Crippen LogP contribution in [0.4, 0.5) is 4.39 Å². The third-order valence-electron chi connectivity index (χ3n) is 3.47. The van der Waals surface area contributed by atoms with Crippen LogP contribution in [0.2, 0.25) is 0 Å². The van der Waals surface area contributed by atoms with Gasteiger partial charge < -0.3 is 10.1 Å². The van der Waals surface area contributed by atoms with Crippen LogP contribution in [0.5, 0.6) is 5.75 Å². The van der Waals surface area contributed by atoms with Gasteiger partial charge in [-0.15, -0.1) is 12.4 Å². The first-order valence-electron chi connectivity index (χ1n) is 7.00. The molecule has 0 atom stereocenters. The Morgan fingerprint density at radius 3 is 2.38 bits per heavy atom. The zero-order valence-electron chi connectivity index (χ0n) is 11.7. The molecule has 0 unspecified atom stereocenters. The quantitative estimate of drug-likeness (QED) is 0.868. The second-order valence-corrected chi connectivity index (χ2v) is 5.14. The van der Waals surface area contributed by atoms with Gasteiger partial charge in [0.1, 0.15) is 18.2 Å². The van der Waals surface area contributed by atoms with Crippen LogP contribution < -0.4 is 10.1 Å². The number of halogens is 2. The van der Waals surface area contributed by atoms with Gasteiger partial charge in [-0.05, 0) is 25.0 Å². The molecule has 0 saturated heterocycles. The molecule has 1 N–H and O–H groups in total. The fraction of sp³-hybridized carbons (Fsp3) is 0.294. The van der Waals surface area contributed by atoms with E-state index in [-0.39, 0.29) is 24.8 Å². The van der Waals surface area contributed by atoms with Crippen molar-refractivity contribution < 1.29 is 9.13 Å². The van der Waals surface area contributed by atoms with Crippen molar-refractivity contribution >= 4 is 12.4 Å². The van der Waals surface area contributed by atoms with E-state index in [1.165, 1.54) is 18.9 Å². The summed E-state index contributed by atoms with van der Waals surface area (Å²) in [6.07, 6.45) is 2.52. The van der Waals surface area contributed by atoms with Crippen molar-refractivity contribution in [2.75, 3.05) is 0 Å². The molecule has 21 heavy (non-hydrogen) atoms. The molecule has 0 spiro atoms. The van der Waals surface area contributed by atoms with E-state index in [0.29, 0.717) is 11.6 Å². The van der Waals surface area contributed by atoms with Crippen LogP contribution in [-0.4, -0.2) is 6.04 Å². The van der Waals surface area contributed by atoms with Gasteiger partial charge in [0.05, 0.1) is 0 Å². The minimum atomic E-state index is -0.221. The molecule has 1 saturated carbocycles. The first kappa shape index (κ1) is 15.8. The summed E-state index contributed by atoms with van der Waals surface area (Å²) in [5, 5.41) is 3.47. The molecule has 4 heteroatoms. The van der Waals surface area contributed by atoms with Crippen LogP contribution in [0.1, 0.15) is 24.0 Å². The fourth-order valence-corrected chi connectivity index (χ4v) is 2.10. The summed E-state index contributed by atoms with van der Waals surface area (Å²) in [4.78, 5) is 0. The van der Waals surface area contributed by atoms with E-state index in [0.717, 1.165) is 17.9 Å². The van der Waals surface area contributed by atoms with Crippen molar-refractivity contribution in [2.24, 2.45) is 0 Å². The summed E-state index contributed by atoms with van der Waals surface area (Å²) >= 11 is 0. The molecule has 0 aliphatic heterocycles. The lowest BCUT2D eigenvalue weighted by Crippen LogP contribution is -2.16. The molecule has 1 fully saturated rings. The average Bonchev–Trinajstić information content (AvgIpc) is 3.29. The summed E-state index contributed by atoms with van der Waals surface area (Å²) in [5.41, 5.74) is 1.70. The van der Waals surface area contributed by atoms with E-state index < -0.39 is 0 Å². The highest BCUT2D eigenvalue weighted by Gasteiger charge is 2.20. The van der Waals surface area contributed by atoms with Crippen LogP contribution in [0.15, 0.2) is 48.5 Å². The van der Waals surface area contributed by atoms with Crippen molar-refractivity contribution in [3.8, 4) is 5.75 Å². The topological polar surface area (TPSA) is 21.3 Å². The Morgan fingerprint density at radius 1 is 1.00 bits per heavy atom. The maximum absolute atomic E-state index is 13.6. The average molecular weight is 308 g/mol. The summed E-state index contributed by atoms with van der Waals surface area (Å²) in [5.74, 6) is 0.602. The third-order valence-corrected chi connectivity index (χ3v) is 3.47. The number of hydrogen-bond acceptors (Lipinski definition) is 2. The van der Waals surface area contributed by atoms with E-state index in [1.807, 2.05) is 30.3 Å². The van der Waals surface area contributed by atoms with Crippen molar-refractivity contribution in [2.45, 2.75) is 32.0 Å². The van der Waals surface area contributed by atoms with Gasteiger partial charge in [0.15, 0.2) is 0 Å². The number of ether oxygens (including phenoxy) is 1. The van der Waals surface area contributed by atoms with E-state index >= 15 is 0 Å². The zero-order chi connectivity index (χ0) is 13.8. The van der Waals surface area contributed by atoms with Gasteiger partial charge in [-0.2, -0.15) is 0 Å². The molecule has 112 valence electrons. The van der Waals surface area contributed by atoms with Gasteiger partial charge in [0.2, 0.25) is 0 Å². The van der Waals surface area contributed by atoms with Crippen LogP contribution >= 0.6 is 12.4 Å². The molecule has 3 rings (SSSR count). The fourth-order valence-electron chi connectivity index (χ4n) is 2.10. The Bertz CT molecular complexity index is 587. The molecule has 1 aliphatic carbocycles. The monoisotopic (exact) mass is 307 g/mol. The first-order chi connectivity index (χ1) is 9.83. The van der Waals surface area contributed by atoms with Crippen molar-refractivity contribution in [1.82, 2.24) is 5.32 Å². The Hall–Kier alpha value is -1.58. The molecule has 0 heterocycles. The van der Waals surface area contributed by atoms with E-state index in [4.69, 9.17) is 4.74 Å². The molecule has 1 aliphatic rings. The summed E-state index contributed by atoms with van der Waals surface area (Å²) in [6.45, 7) is 1.06. The highest BCUT2D eigenvalue weighted by atomic mass is 35.5. The lowest BCUT2D eigenvalue weighted by Gasteiger charge is -2.12. The first-order valence-corrected chi connectivity index (χ1v) is 7.00. The zero-order valence-corrected chi connectivity index (χ0v) is 12.5. The van der Waals surface area contributed by atoms with E-state index in [2.05, 4.69) is 5.32 Å². The lowest BCUT2D eigenvalue weighted by atomic mass is 10.2. The largest absolute Gasteiger partial charge is 0.488 e. The predicted molar refractivity (Wildman–Crippen MR) is 84.3 cm³/mol. The van der Waals surface area contributed by atoms with Crippen LogP contribution in [0.3, 0.4) is 0 Å². The highest BCUT2D eigenvalue weighted by Crippen LogP contribution is 2.23. The predicted octanol–water partition coefficient (Wildman–Crippen LogP) is 4.08. The second-order valence-electron chi connectivity index (χ2n) is 5.14. The summed E-state index contributed by atoms with van der Waals surface area (Å²) in [6, 6.07) is 15.3. The highest BCUT2D eigenvalue weighted by molar-refractivity contribution is 5.85. The molecule has 2 aromatic rings. The Kier molecular flexibility index (Phi) is 5.59. The maximum atomic E-state index is 13.6. The Morgan fingerprint density at radius 2 is 1.67 bits per heavy atom. The van der Waals surface area contributed by atoms with Gasteiger partial charge in [0, 0.05) is 23.7 Å². The van der Waals surface area contributed by atoms with Gasteiger partial charge in [-0.25, -0.2) is 4.39 Å². The molecule has 0 bridgehead atoms. The summed E-state index contributed by atoms with van der Waals surface area (Å²) < 4.78 is 19.3. The van der Waals surface area contributed by atoms with Crippen LogP contribution in [0, 0.1) is 5.82 Å². The molecule has 0 radical (unpaired) electrons. The van der Waals surface area contributed by atoms with Crippen molar-refractivity contribution in [3.63, 3.8) is 0 Å². The minimum Gasteiger partial charge on any atom is -0.488 e. The number of nitrogens with one attached hydrogen (secondary N) is 1. The molecule has 0 aromatic heterocycles. The van der Waals surface area contributed by atoms with Crippen molar-refractivity contribution in [3.05, 3.63) is 65.5 Å². The number of rotatable bonds is 6. The van der Waals surface area contributed by atoms with Crippen LogP contribution in [-0.2, 0) is 13.2 Å². The van der Waals surface area contributed by atoms with Crippen LogP contribution in [0.25, 0.3) is 0 Å². The van der Waals surface area contributed by atoms with Gasteiger partial charge in [0.25, 0.3) is 0 Å². The molecule has 2 nitrogen and oxygen atoms in total. The molecule has 2 aromatic carbocycles. The molecular weight excluding hydrogens is 289 g/mol. The maximum Gasteiger partial charge on any atom is 0.129 e. The lowest BCUT2D eigenvalue weighted by molar-refractivity contribution is 0.296. The molecule has 0 amide bonds. The number of para-hydroxylation sites is 1. The summed E-state index contributed by atoms with van der Waals surface area (Å²) in [7, 11) is 0. The standard InChI is InChI=1S/C17H18FNO.ClH/c18-16-7-3-1-6-14(16)12-20-17-8-4-2-5-13(17)11-19-15-9-10-15;/h1-8,15,19H,9-12H2;1H. The smallest absolute Gasteiger partial charge is 0.129 e. The number of hydrogen-bond donors (Lipinski definition) is 1. The normalized spacial score (nSPS) is 13.6. The van der Waals surface area contributed by atoms with Gasteiger partial charge >= 0.3 is 0 Å². The number of benzene rings is 2. The molecular formula is C17H19ClFNO. The second kappa shape index (κ2) is 7.43. The Labute approximate surface area is 130 Å². The minimum absolute atomic E-state index is 0. The van der Waals surface area contributed by atoms with E-state index in [9.17, 15) is 4.39 Å². The van der Waals surface area contributed by atoms with Gasteiger partial charge in [-0.3, -0.25) is 0 Å². The van der Waals surface area contributed by atoms with E-state index in [1.54, 1.807) is 12.1 Å². The third kappa shape index (κ3) is 4.45. The van der Waals surface area contributed by atoms with Gasteiger partial charge in [-0.1, -0.05) is 36.4 Å². The Balaban J connectivity index is 0.00000161.